The summed E-state index contributed by atoms with van der Waals surface area (Å²) in [6, 6.07) is 0. The maximum atomic E-state index is 11.8. The van der Waals surface area contributed by atoms with E-state index in [1.807, 2.05) is 13.8 Å². The molecule has 5 heteroatoms. The van der Waals surface area contributed by atoms with Crippen LogP contribution in [0.15, 0.2) is 0 Å². The number of nitrogens with zero attached hydrogens (tertiary/aromatic N) is 1. The summed E-state index contributed by atoms with van der Waals surface area (Å²) in [5.74, 6) is 0.00632. The molecule has 1 rings (SSSR count). The lowest BCUT2D eigenvalue weighted by molar-refractivity contribution is -0.127. The van der Waals surface area contributed by atoms with Crippen molar-refractivity contribution in [3.05, 3.63) is 0 Å². The Labute approximate surface area is 97.5 Å². The van der Waals surface area contributed by atoms with Crippen LogP contribution in [0.3, 0.4) is 0 Å². The van der Waals surface area contributed by atoms with Gasteiger partial charge in [-0.25, -0.2) is 0 Å². The van der Waals surface area contributed by atoms with E-state index >= 15 is 0 Å². The summed E-state index contributed by atoms with van der Waals surface area (Å²) in [7, 11) is 3.85. The molecule has 2 N–H and O–H groups in total. The monoisotopic (exact) mass is 229 g/mol. The highest BCUT2D eigenvalue weighted by Gasteiger charge is 2.26. The Bertz CT molecular complexity index is 243. The zero-order chi connectivity index (χ0) is 12.2. The van der Waals surface area contributed by atoms with Crippen molar-refractivity contribution in [3.8, 4) is 0 Å². The number of nitrogens with one attached hydrogen (secondary N) is 2. The molecule has 0 saturated carbocycles. The van der Waals surface area contributed by atoms with Gasteiger partial charge >= 0.3 is 0 Å². The van der Waals surface area contributed by atoms with Gasteiger partial charge in [-0.05, 0) is 27.9 Å². The van der Waals surface area contributed by atoms with Crippen LogP contribution in [-0.2, 0) is 9.53 Å². The number of morpholine rings is 1. The average Bonchev–Trinajstić information content (AvgIpc) is 2.26. The second-order valence-corrected chi connectivity index (χ2v) is 4.84. The molecule has 0 aromatic rings. The molecule has 0 aromatic carbocycles. The third-order valence-electron chi connectivity index (χ3n) is 3.02. The summed E-state index contributed by atoms with van der Waals surface area (Å²) in [5.41, 5.74) is -0.527. The van der Waals surface area contributed by atoms with Crippen LogP contribution in [0.25, 0.3) is 0 Å². The Morgan fingerprint density at radius 2 is 2.25 bits per heavy atom. The summed E-state index contributed by atoms with van der Waals surface area (Å²) in [4.78, 5) is 14.0. The van der Waals surface area contributed by atoms with Crippen LogP contribution in [0.5, 0.6) is 0 Å². The van der Waals surface area contributed by atoms with E-state index in [1.165, 1.54) is 0 Å². The van der Waals surface area contributed by atoms with Crippen LogP contribution >= 0.6 is 0 Å². The van der Waals surface area contributed by atoms with E-state index in [1.54, 1.807) is 7.05 Å². The molecule has 1 heterocycles. The Morgan fingerprint density at radius 1 is 1.56 bits per heavy atom. The Balaban J connectivity index is 2.31. The fourth-order valence-corrected chi connectivity index (χ4v) is 1.53. The molecule has 0 aromatic heterocycles. The molecule has 1 unspecified atom stereocenters. The maximum absolute atomic E-state index is 11.8. The van der Waals surface area contributed by atoms with Crippen LogP contribution in [0.2, 0.25) is 0 Å². The average molecular weight is 229 g/mol. The molecule has 0 bridgehead atoms. The summed E-state index contributed by atoms with van der Waals surface area (Å²) in [5, 5.41) is 5.89. The second-order valence-electron chi connectivity index (χ2n) is 4.84. The molecule has 1 amide bonds. The minimum absolute atomic E-state index is 0.00632. The van der Waals surface area contributed by atoms with E-state index in [0.717, 1.165) is 19.7 Å². The van der Waals surface area contributed by atoms with Crippen LogP contribution < -0.4 is 10.6 Å². The molecule has 0 spiro atoms. The minimum Gasteiger partial charge on any atom is -0.374 e. The SMILES string of the molecule is CNC(C)(C)C(=O)NCC1CN(C)CCO1. The van der Waals surface area contributed by atoms with Gasteiger partial charge in [-0.1, -0.05) is 0 Å². The third kappa shape index (κ3) is 3.73. The largest absolute Gasteiger partial charge is 0.374 e. The molecule has 1 fully saturated rings. The third-order valence-corrected chi connectivity index (χ3v) is 3.02. The van der Waals surface area contributed by atoms with Crippen molar-refractivity contribution in [1.29, 1.82) is 0 Å². The molecular weight excluding hydrogens is 206 g/mol. The first-order chi connectivity index (χ1) is 7.45. The van der Waals surface area contributed by atoms with E-state index in [-0.39, 0.29) is 12.0 Å². The van der Waals surface area contributed by atoms with E-state index in [0.29, 0.717) is 6.54 Å². The number of rotatable bonds is 4. The smallest absolute Gasteiger partial charge is 0.239 e. The number of hydrogen-bond donors (Lipinski definition) is 2. The van der Waals surface area contributed by atoms with Gasteiger partial charge in [-0.15, -0.1) is 0 Å². The van der Waals surface area contributed by atoms with Gasteiger partial charge in [0, 0.05) is 19.6 Å². The van der Waals surface area contributed by atoms with E-state index in [2.05, 4.69) is 22.6 Å². The second kappa shape index (κ2) is 5.61. The Morgan fingerprint density at radius 3 is 2.81 bits per heavy atom. The molecule has 94 valence electrons. The summed E-state index contributed by atoms with van der Waals surface area (Å²) >= 11 is 0. The van der Waals surface area contributed by atoms with Crippen molar-refractivity contribution in [1.82, 2.24) is 15.5 Å². The van der Waals surface area contributed by atoms with Gasteiger partial charge in [0.15, 0.2) is 0 Å². The van der Waals surface area contributed by atoms with Crippen molar-refractivity contribution in [2.45, 2.75) is 25.5 Å². The lowest BCUT2D eigenvalue weighted by Gasteiger charge is -2.31. The van der Waals surface area contributed by atoms with Gasteiger partial charge in [-0.2, -0.15) is 0 Å². The summed E-state index contributed by atoms with van der Waals surface area (Å²) in [6.45, 7) is 6.87. The van der Waals surface area contributed by atoms with Gasteiger partial charge < -0.3 is 20.3 Å². The molecule has 16 heavy (non-hydrogen) atoms. The van der Waals surface area contributed by atoms with Gasteiger partial charge in [0.25, 0.3) is 0 Å². The zero-order valence-corrected chi connectivity index (χ0v) is 10.7. The van der Waals surface area contributed by atoms with Crippen LogP contribution in [0.1, 0.15) is 13.8 Å². The first kappa shape index (κ1) is 13.4. The van der Waals surface area contributed by atoms with Crippen molar-refractivity contribution >= 4 is 5.91 Å². The molecule has 5 nitrogen and oxygen atoms in total. The van der Waals surface area contributed by atoms with Crippen molar-refractivity contribution in [3.63, 3.8) is 0 Å². The molecular formula is C11H23N3O2. The predicted octanol–water partition coefficient (Wildman–Crippen LogP) is -0.569. The fourth-order valence-electron chi connectivity index (χ4n) is 1.53. The van der Waals surface area contributed by atoms with Gasteiger partial charge in [0.1, 0.15) is 0 Å². The van der Waals surface area contributed by atoms with Gasteiger partial charge in [0.2, 0.25) is 5.91 Å². The first-order valence-corrected chi connectivity index (χ1v) is 5.73. The minimum atomic E-state index is -0.527. The van der Waals surface area contributed by atoms with E-state index < -0.39 is 5.54 Å². The number of amides is 1. The summed E-state index contributed by atoms with van der Waals surface area (Å²) < 4.78 is 5.57. The predicted molar refractivity (Wildman–Crippen MR) is 63.4 cm³/mol. The quantitative estimate of drug-likeness (QED) is 0.678. The molecule has 0 aliphatic carbocycles. The Kier molecular flexibility index (Phi) is 4.70. The van der Waals surface area contributed by atoms with Crippen molar-refractivity contribution < 1.29 is 9.53 Å². The number of likely N-dealkylation sites (N-methyl/N-ethyl adjacent to an activating group) is 2. The standard InChI is InChI=1S/C11H23N3O2/c1-11(2,12-3)10(15)13-7-9-8-14(4)5-6-16-9/h9,12H,5-8H2,1-4H3,(H,13,15). The molecule has 1 atom stereocenters. The lowest BCUT2D eigenvalue weighted by Crippen LogP contribution is -2.54. The highest BCUT2D eigenvalue weighted by atomic mass is 16.5. The molecule has 1 saturated heterocycles. The molecule has 1 aliphatic rings. The van der Waals surface area contributed by atoms with E-state index in [4.69, 9.17) is 4.74 Å². The highest BCUT2D eigenvalue weighted by Crippen LogP contribution is 2.04. The fraction of sp³-hybridized carbons (Fsp3) is 0.909. The number of carbonyl (C=O) groups is 1. The van der Waals surface area contributed by atoms with Crippen molar-refractivity contribution in [2.24, 2.45) is 0 Å². The topological polar surface area (TPSA) is 53.6 Å². The van der Waals surface area contributed by atoms with Crippen LogP contribution in [-0.4, -0.2) is 62.8 Å². The number of carbonyl (C=O) groups excluding carboxylic acids is 1. The van der Waals surface area contributed by atoms with E-state index in [9.17, 15) is 4.79 Å². The lowest BCUT2D eigenvalue weighted by atomic mass is 10.1. The van der Waals surface area contributed by atoms with Gasteiger partial charge in [-0.3, -0.25) is 4.79 Å². The number of ether oxygens (including phenoxy) is 1. The maximum Gasteiger partial charge on any atom is 0.239 e. The molecule has 1 aliphatic heterocycles. The van der Waals surface area contributed by atoms with Crippen LogP contribution in [0, 0.1) is 0 Å². The zero-order valence-electron chi connectivity index (χ0n) is 10.7. The normalized spacial score (nSPS) is 23.1. The first-order valence-electron chi connectivity index (χ1n) is 5.73. The van der Waals surface area contributed by atoms with Gasteiger partial charge in [0.05, 0.1) is 18.2 Å². The Hall–Kier alpha value is -0.650. The number of hydrogen-bond acceptors (Lipinski definition) is 4. The van der Waals surface area contributed by atoms with Crippen molar-refractivity contribution in [2.75, 3.05) is 40.3 Å². The highest BCUT2D eigenvalue weighted by molar-refractivity contribution is 5.85. The molecule has 0 radical (unpaired) electrons. The van der Waals surface area contributed by atoms with Crippen LogP contribution in [0.4, 0.5) is 0 Å². The summed E-state index contributed by atoms with van der Waals surface area (Å²) in [6.07, 6.45) is 0.107.